The third-order valence-corrected chi connectivity index (χ3v) is 3.10. The van der Waals surface area contributed by atoms with E-state index in [1.807, 2.05) is 13.8 Å². The minimum atomic E-state index is -0.824. The molecule has 8 nitrogen and oxygen atoms in total. The average molecular weight is 304 g/mol. The lowest BCUT2D eigenvalue weighted by Crippen LogP contribution is -2.25. The number of hydrogen-bond donors (Lipinski definition) is 3. The Balaban J connectivity index is 2.11. The van der Waals surface area contributed by atoms with Crippen LogP contribution in [0.25, 0.3) is 5.82 Å². The summed E-state index contributed by atoms with van der Waals surface area (Å²) in [6.45, 7) is 4.27. The van der Waals surface area contributed by atoms with E-state index in [9.17, 15) is 9.90 Å². The number of aliphatic carboxylic acids is 1. The Morgan fingerprint density at radius 2 is 2.23 bits per heavy atom. The fourth-order valence-electron chi connectivity index (χ4n) is 2.13. The molecule has 4 N–H and O–H groups in total. The first-order chi connectivity index (χ1) is 10.5. The van der Waals surface area contributed by atoms with Gasteiger partial charge in [0.15, 0.2) is 5.82 Å². The molecule has 0 fully saturated rings. The molecule has 0 spiro atoms. The van der Waals surface area contributed by atoms with E-state index < -0.39 is 11.9 Å². The number of rotatable bonds is 7. The van der Waals surface area contributed by atoms with Crippen molar-refractivity contribution in [2.75, 3.05) is 17.6 Å². The van der Waals surface area contributed by atoms with E-state index >= 15 is 0 Å². The van der Waals surface area contributed by atoms with Crippen molar-refractivity contribution in [1.29, 1.82) is 0 Å². The number of carboxylic acids is 1. The first kappa shape index (κ1) is 15.7. The van der Waals surface area contributed by atoms with Crippen LogP contribution in [0.5, 0.6) is 0 Å². The van der Waals surface area contributed by atoms with Gasteiger partial charge >= 0.3 is 5.97 Å². The number of nitrogens with one attached hydrogen (secondary N) is 1. The number of nitrogen functional groups attached to an aromatic ring is 1. The van der Waals surface area contributed by atoms with Gasteiger partial charge in [0.05, 0.1) is 5.92 Å². The van der Waals surface area contributed by atoms with E-state index in [0.29, 0.717) is 24.0 Å². The smallest absolute Gasteiger partial charge is 0.308 e. The van der Waals surface area contributed by atoms with Gasteiger partial charge in [0.2, 0.25) is 5.95 Å². The minimum Gasteiger partial charge on any atom is -0.481 e. The molecular formula is C14H20N6O2. The summed E-state index contributed by atoms with van der Waals surface area (Å²) in [5, 5.41) is 16.4. The van der Waals surface area contributed by atoms with Crippen molar-refractivity contribution in [1.82, 2.24) is 19.7 Å². The third kappa shape index (κ3) is 4.18. The lowest BCUT2D eigenvalue weighted by molar-refractivity contribution is -0.141. The predicted molar refractivity (Wildman–Crippen MR) is 82.6 cm³/mol. The maximum absolute atomic E-state index is 11.3. The summed E-state index contributed by atoms with van der Waals surface area (Å²) in [4.78, 5) is 19.4. The number of nitrogens with two attached hydrogens (primary N) is 1. The molecule has 0 aliphatic heterocycles. The molecule has 0 aromatic carbocycles. The van der Waals surface area contributed by atoms with Crippen LogP contribution in [0.4, 0.5) is 11.8 Å². The fourth-order valence-corrected chi connectivity index (χ4v) is 2.13. The minimum absolute atomic E-state index is 0.103. The molecule has 0 aliphatic rings. The Bertz CT molecular complexity index is 626. The molecule has 0 radical (unpaired) electrons. The standard InChI is InChI=1S/C14H20N6O2/c1-9(2)6-10(13(21)22)8-16-11-7-12(19-14(15)18-11)20-5-3-4-17-20/h3-5,7,9-10H,6,8H2,1-2H3,(H,21,22)(H3,15,16,18,19). The zero-order valence-electron chi connectivity index (χ0n) is 12.6. The van der Waals surface area contributed by atoms with E-state index in [0.717, 1.165) is 0 Å². The average Bonchev–Trinajstić information content (AvgIpc) is 2.96. The topological polar surface area (TPSA) is 119 Å². The van der Waals surface area contributed by atoms with Crippen LogP contribution < -0.4 is 11.1 Å². The van der Waals surface area contributed by atoms with Gasteiger partial charge in [0.1, 0.15) is 5.82 Å². The normalized spacial score (nSPS) is 12.3. The van der Waals surface area contributed by atoms with Gasteiger partial charge in [-0.05, 0) is 18.4 Å². The van der Waals surface area contributed by atoms with Gasteiger partial charge in [-0.1, -0.05) is 13.8 Å². The van der Waals surface area contributed by atoms with E-state index in [4.69, 9.17) is 5.73 Å². The number of nitrogens with zero attached hydrogens (tertiary/aromatic N) is 4. The maximum Gasteiger partial charge on any atom is 0.308 e. The highest BCUT2D eigenvalue weighted by Crippen LogP contribution is 2.15. The number of aromatic nitrogens is 4. The quantitative estimate of drug-likeness (QED) is 0.707. The predicted octanol–water partition coefficient (Wildman–Crippen LogP) is 1.40. The largest absolute Gasteiger partial charge is 0.481 e. The molecule has 2 aromatic heterocycles. The van der Waals surface area contributed by atoms with Crippen molar-refractivity contribution in [2.45, 2.75) is 20.3 Å². The van der Waals surface area contributed by atoms with E-state index in [1.54, 1.807) is 29.2 Å². The number of hydrogen-bond acceptors (Lipinski definition) is 6. The van der Waals surface area contributed by atoms with Crippen molar-refractivity contribution < 1.29 is 9.90 Å². The van der Waals surface area contributed by atoms with E-state index in [1.165, 1.54) is 0 Å². The van der Waals surface area contributed by atoms with Crippen LogP contribution in [-0.2, 0) is 4.79 Å². The van der Waals surface area contributed by atoms with E-state index in [-0.39, 0.29) is 12.5 Å². The SMILES string of the molecule is CC(C)CC(CNc1cc(-n2cccn2)nc(N)n1)C(=O)O. The lowest BCUT2D eigenvalue weighted by atomic mass is 9.97. The van der Waals surface area contributed by atoms with Gasteiger partial charge in [-0.25, -0.2) is 4.68 Å². The Labute approximate surface area is 128 Å². The monoisotopic (exact) mass is 304 g/mol. The summed E-state index contributed by atoms with van der Waals surface area (Å²) in [5.74, 6) is 0.104. The van der Waals surface area contributed by atoms with Gasteiger partial charge < -0.3 is 16.2 Å². The Morgan fingerprint density at radius 3 is 2.82 bits per heavy atom. The molecule has 0 saturated heterocycles. The number of anilines is 2. The van der Waals surface area contributed by atoms with Gasteiger partial charge in [-0.3, -0.25) is 4.79 Å². The second-order valence-electron chi connectivity index (χ2n) is 5.47. The molecule has 0 saturated carbocycles. The Morgan fingerprint density at radius 1 is 1.45 bits per heavy atom. The zero-order chi connectivity index (χ0) is 16.1. The van der Waals surface area contributed by atoms with Gasteiger partial charge in [0, 0.05) is 25.0 Å². The van der Waals surface area contributed by atoms with Gasteiger partial charge in [-0.15, -0.1) is 0 Å². The molecule has 118 valence electrons. The van der Waals surface area contributed by atoms with Crippen LogP contribution in [0.2, 0.25) is 0 Å². The van der Waals surface area contributed by atoms with Crippen molar-refractivity contribution in [3.05, 3.63) is 24.5 Å². The Kier molecular flexibility index (Phi) is 4.92. The van der Waals surface area contributed by atoms with Crippen LogP contribution in [0.15, 0.2) is 24.5 Å². The van der Waals surface area contributed by atoms with Crippen molar-refractivity contribution in [3.8, 4) is 5.82 Å². The summed E-state index contributed by atoms with van der Waals surface area (Å²) < 4.78 is 1.56. The number of carboxylic acid groups (broad SMARTS) is 1. The third-order valence-electron chi connectivity index (χ3n) is 3.10. The second-order valence-corrected chi connectivity index (χ2v) is 5.47. The van der Waals surface area contributed by atoms with Crippen molar-refractivity contribution in [3.63, 3.8) is 0 Å². The molecular weight excluding hydrogens is 284 g/mol. The fraction of sp³-hybridized carbons (Fsp3) is 0.429. The summed E-state index contributed by atoms with van der Waals surface area (Å²) in [5.41, 5.74) is 5.69. The first-order valence-corrected chi connectivity index (χ1v) is 7.07. The van der Waals surface area contributed by atoms with Crippen molar-refractivity contribution >= 4 is 17.7 Å². The Hall–Kier alpha value is -2.64. The molecule has 2 heterocycles. The molecule has 22 heavy (non-hydrogen) atoms. The maximum atomic E-state index is 11.3. The molecule has 2 rings (SSSR count). The molecule has 8 heteroatoms. The van der Waals surface area contributed by atoms with Gasteiger partial charge in [0.25, 0.3) is 0 Å². The van der Waals surface area contributed by atoms with E-state index in [2.05, 4.69) is 20.4 Å². The van der Waals surface area contributed by atoms with Crippen LogP contribution >= 0.6 is 0 Å². The summed E-state index contributed by atoms with van der Waals surface area (Å²) >= 11 is 0. The lowest BCUT2D eigenvalue weighted by Gasteiger charge is -2.16. The highest BCUT2D eigenvalue weighted by Gasteiger charge is 2.19. The zero-order valence-corrected chi connectivity index (χ0v) is 12.6. The summed E-state index contributed by atoms with van der Waals surface area (Å²) in [7, 11) is 0. The van der Waals surface area contributed by atoms with Crippen LogP contribution in [0.3, 0.4) is 0 Å². The summed E-state index contributed by atoms with van der Waals surface area (Å²) in [6, 6.07) is 3.45. The summed E-state index contributed by atoms with van der Waals surface area (Å²) in [6.07, 6.45) is 3.97. The number of carbonyl (C=O) groups is 1. The molecule has 1 atom stereocenters. The molecule has 0 bridgehead atoms. The highest BCUT2D eigenvalue weighted by molar-refractivity contribution is 5.70. The molecule has 0 aliphatic carbocycles. The molecule has 2 aromatic rings. The van der Waals surface area contributed by atoms with Gasteiger partial charge in [-0.2, -0.15) is 15.1 Å². The highest BCUT2D eigenvalue weighted by atomic mass is 16.4. The second kappa shape index (κ2) is 6.88. The van der Waals surface area contributed by atoms with Crippen LogP contribution in [0.1, 0.15) is 20.3 Å². The first-order valence-electron chi connectivity index (χ1n) is 7.07. The van der Waals surface area contributed by atoms with Crippen LogP contribution in [-0.4, -0.2) is 37.4 Å². The molecule has 0 amide bonds. The van der Waals surface area contributed by atoms with Crippen LogP contribution in [0, 0.1) is 11.8 Å². The van der Waals surface area contributed by atoms with Crippen molar-refractivity contribution in [2.24, 2.45) is 11.8 Å². The molecule has 1 unspecified atom stereocenters.